The van der Waals surface area contributed by atoms with Crippen LogP contribution in [0.3, 0.4) is 0 Å². The number of rotatable bonds is 3. The van der Waals surface area contributed by atoms with Crippen LogP contribution >= 0.6 is 0 Å². The monoisotopic (exact) mass is 331 g/mol. The van der Waals surface area contributed by atoms with Crippen molar-refractivity contribution in [1.29, 1.82) is 0 Å². The first-order valence-electron chi connectivity index (χ1n) is 8.05. The molecule has 0 spiro atoms. The van der Waals surface area contributed by atoms with Crippen LogP contribution in [-0.2, 0) is 9.53 Å². The van der Waals surface area contributed by atoms with E-state index in [1.165, 1.54) is 7.11 Å². The minimum atomic E-state index is -0.508. The number of carbonyl (C=O) groups excluding carboxylic acids is 1. The topological polar surface area (TPSA) is 62.3 Å². The fourth-order valence-electron chi connectivity index (χ4n) is 3.36. The maximum atomic E-state index is 12.4. The lowest BCUT2D eigenvalue weighted by Crippen LogP contribution is -2.15. The average Bonchev–Trinajstić information content (AvgIpc) is 3.02. The second-order valence-electron chi connectivity index (χ2n) is 6.00. The number of phenolic OH excluding ortho intramolecular Hbond substituents is 1. The fraction of sp³-hybridized carbons (Fsp3) is 0.0952. The van der Waals surface area contributed by atoms with Gasteiger partial charge in [-0.15, -0.1) is 0 Å². The van der Waals surface area contributed by atoms with Gasteiger partial charge >= 0.3 is 5.97 Å². The highest BCUT2D eigenvalue weighted by atomic mass is 16.5. The number of fused-ring (bicyclic) bond motifs is 3. The lowest BCUT2D eigenvalue weighted by Gasteiger charge is -2.15. The minimum absolute atomic E-state index is 0.218. The summed E-state index contributed by atoms with van der Waals surface area (Å²) in [7, 11) is 1.40. The van der Waals surface area contributed by atoms with E-state index in [0.29, 0.717) is 0 Å². The number of phenols is 1. The van der Waals surface area contributed by atoms with Crippen LogP contribution < -0.4 is 0 Å². The molecule has 4 aromatic rings. The van der Waals surface area contributed by atoms with Gasteiger partial charge in [-0.3, -0.25) is 4.79 Å². The molecular weight excluding hydrogens is 314 g/mol. The highest BCUT2D eigenvalue weighted by molar-refractivity contribution is 6.10. The zero-order valence-electron chi connectivity index (χ0n) is 13.7. The Kier molecular flexibility index (Phi) is 3.65. The first-order valence-corrected chi connectivity index (χ1v) is 8.05. The zero-order chi connectivity index (χ0) is 17.4. The molecule has 0 radical (unpaired) electrons. The number of methoxy groups -OCH3 is 1. The van der Waals surface area contributed by atoms with Crippen LogP contribution in [0.15, 0.2) is 66.7 Å². The van der Waals surface area contributed by atoms with Gasteiger partial charge in [0.2, 0.25) is 0 Å². The van der Waals surface area contributed by atoms with Crippen molar-refractivity contribution in [3.05, 3.63) is 77.9 Å². The normalized spacial score (nSPS) is 12.4. The Hall–Kier alpha value is -3.27. The Morgan fingerprint density at radius 1 is 0.960 bits per heavy atom. The molecule has 0 fully saturated rings. The van der Waals surface area contributed by atoms with E-state index in [4.69, 9.17) is 4.74 Å². The molecule has 3 aromatic carbocycles. The molecule has 1 heterocycles. The predicted octanol–water partition coefficient (Wildman–Crippen LogP) is 4.33. The van der Waals surface area contributed by atoms with Gasteiger partial charge in [-0.2, -0.15) is 0 Å². The second-order valence-corrected chi connectivity index (χ2v) is 6.00. The third-order valence-electron chi connectivity index (χ3n) is 4.53. The molecule has 0 saturated carbocycles. The summed E-state index contributed by atoms with van der Waals surface area (Å²) in [5, 5.41) is 11.9. The summed E-state index contributed by atoms with van der Waals surface area (Å²) >= 11 is 0. The highest BCUT2D eigenvalue weighted by Gasteiger charge is 2.24. The molecule has 25 heavy (non-hydrogen) atoms. The van der Waals surface area contributed by atoms with Crippen molar-refractivity contribution in [2.45, 2.75) is 5.92 Å². The van der Waals surface area contributed by atoms with Gasteiger partial charge in [-0.05, 0) is 35.4 Å². The van der Waals surface area contributed by atoms with Crippen LogP contribution in [0.2, 0.25) is 0 Å². The molecule has 0 aliphatic rings. The molecule has 1 atom stereocenters. The molecule has 0 aliphatic carbocycles. The van der Waals surface area contributed by atoms with Gasteiger partial charge in [0.05, 0.1) is 12.6 Å². The highest BCUT2D eigenvalue weighted by Crippen LogP contribution is 2.35. The van der Waals surface area contributed by atoms with Crippen molar-refractivity contribution in [1.82, 2.24) is 4.98 Å². The molecular formula is C21H17NO3. The molecule has 2 N–H and O–H groups in total. The molecule has 4 heteroatoms. The van der Waals surface area contributed by atoms with Gasteiger partial charge in [-0.25, -0.2) is 0 Å². The lowest BCUT2D eigenvalue weighted by molar-refractivity contribution is -0.141. The molecule has 124 valence electrons. The first kappa shape index (κ1) is 15.3. The van der Waals surface area contributed by atoms with E-state index in [0.717, 1.165) is 32.9 Å². The molecule has 0 bridgehead atoms. The number of nitrogens with one attached hydrogen (secondary N) is 1. The summed E-state index contributed by atoms with van der Waals surface area (Å²) in [6.45, 7) is 0. The van der Waals surface area contributed by atoms with E-state index in [9.17, 15) is 9.90 Å². The molecule has 0 amide bonds. The fourth-order valence-corrected chi connectivity index (χ4v) is 3.36. The summed E-state index contributed by atoms with van der Waals surface area (Å²) < 4.78 is 5.03. The Labute approximate surface area is 144 Å². The second kappa shape index (κ2) is 5.98. The number of aromatic nitrogens is 1. The number of benzene rings is 3. The van der Waals surface area contributed by atoms with E-state index in [-0.39, 0.29) is 11.7 Å². The maximum absolute atomic E-state index is 12.4. The number of esters is 1. The quantitative estimate of drug-likeness (QED) is 0.549. The van der Waals surface area contributed by atoms with Crippen LogP contribution in [-0.4, -0.2) is 23.2 Å². The third-order valence-corrected chi connectivity index (χ3v) is 4.53. The van der Waals surface area contributed by atoms with Gasteiger partial charge in [-0.1, -0.05) is 42.5 Å². The van der Waals surface area contributed by atoms with Crippen molar-refractivity contribution in [3.8, 4) is 5.75 Å². The molecule has 4 rings (SSSR count). The van der Waals surface area contributed by atoms with Crippen LogP contribution in [0.25, 0.3) is 21.8 Å². The number of aromatic amines is 1. The van der Waals surface area contributed by atoms with Crippen LogP contribution in [0.5, 0.6) is 5.75 Å². The maximum Gasteiger partial charge on any atom is 0.317 e. The first-order chi connectivity index (χ1) is 12.2. The SMILES string of the molecule is COC(=O)C(c1ccccc1)c1ccc2[nH]c3cccc(O)c3c2c1. The smallest absolute Gasteiger partial charge is 0.317 e. The van der Waals surface area contributed by atoms with Crippen molar-refractivity contribution in [2.24, 2.45) is 0 Å². The van der Waals surface area contributed by atoms with Gasteiger partial charge in [0.15, 0.2) is 0 Å². The van der Waals surface area contributed by atoms with Crippen LogP contribution in [0, 0.1) is 0 Å². The van der Waals surface area contributed by atoms with Crippen molar-refractivity contribution in [3.63, 3.8) is 0 Å². The summed E-state index contributed by atoms with van der Waals surface area (Å²) in [6, 6.07) is 20.7. The number of H-pyrrole nitrogens is 1. The molecule has 1 aromatic heterocycles. The number of ether oxygens (including phenoxy) is 1. The van der Waals surface area contributed by atoms with Gasteiger partial charge in [0, 0.05) is 16.3 Å². The van der Waals surface area contributed by atoms with Crippen molar-refractivity contribution >= 4 is 27.8 Å². The van der Waals surface area contributed by atoms with Crippen LogP contribution in [0.1, 0.15) is 17.0 Å². The van der Waals surface area contributed by atoms with E-state index < -0.39 is 5.92 Å². The number of aromatic hydroxyl groups is 1. The summed E-state index contributed by atoms with van der Waals surface area (Å²) in [5.41, 5.74) is 3.48. The largest absolute Gasteiger partial charge is 0.507 e. The van der Waals surface area contributed by atoms with E-state index >= 15 is 0 Å². The Bertz CT molecular complexity index is 1070. The van der Waals surface area contributed by atoms with Gasteiger partial charge in [0.1, 0.15) is 11.7 Å². The number of hydrogen-bond acceptors (Lipinski definition) is 3. The zero-order valence-corrected chi connectivity index (χ0v) is 13.7. The Morgan fingerprint density at radius 2 is 1.76 bits per heavy atom. The predicted molar refractivity (Wildman–Crippen MR) is 97.8 cm³/mol. The minimum Gasteiger partial charge on any atom is -0.507 e. The average molecular weight is 331 g/mol. The summed E-state index contributed by atoms with van der Waals surface area (Å²) in [4.78, 5) is 15.7. The number of carbonyl (C=O) groups is 1. The van der Waals surface area contributed by atoms with Crippen molar-refractivity contribution in [2.75, 3.05) is 7.11 Å². The molecule has 4 nitrogen and oxygen atoms in total. The molecule has 1 unspecified atom stereocenters. The standard InChI is InChI=1S/C21H17NO3/c1-25-21(24)19(13-6-3-2-4-7-13)14-10-11-16-15(12-14)20-17(22-16)8-5-9-18(20)23/h2-12,19,22-23H,1H3. The third kappa shape index (κ3) is 2.52. The summed E-state index contributed by atoms with van der Waals surface area (Å²) in [6.07, 6.45) is 0. The Balaban J connectivity index is 1.95. The van der Waals surface area contributed by atoms with Crippen molar-refractivity contribution < 1.29 is 14.6 Å². The number of hydrogen-bond donors (Lipinski definition) is 2. The van der Waals surface area contributed by atoms with Gasteiger partial charge in [0.25, 0.3) is 0 Å². The molecule has 0 saturated heterocycles. The van der Waals surface area contributed by atoms with E-state index in [1.807, 2.05) is 54.6 Å². The molecule has 0 aliphatic heterocycles. The summed E-state index contributed by atoms with van der Waals surface area (Å²) in [5.74, 6) is -0.601. The van der Waals surface area contributed by atoms with Crippen LogP contribution in [0.4, 0.5) is 0 Å². The lowest BCUT2D eigenvalue weighted by atomic mass is 9.90. The van der Waals surface area contributed by atoms with E-state index in [2.05, 4.69) is 4.98 Å². The van der Waals surface area contributed by atoms with Gasteiger partial charge < -0.3 is 14.8 Å². The Morgan fingerprint density at radius 3 is 2.52 bits per heavy atom. The van der Waals surface area contributed by atoms with E-state index in [1.54, 1.807) is 12.1 Å².